The molecule has 12 nitrogen and oxygen atoms in total. The van der Waals surface area contributed by atoms with E-state index in [1.807, 2.05) is 0 Å². The largest absolute Gasteiger partial charge is 0.510 e. The van der Waals surface area contributed by atoms with Crippen LogP contribution in [0.25, 0.3) is 11.2 Å². The first-order chi connectivity index (χ1) is 13.2. The first kappa shape index (κ1) is 22.0. The molecule has 0 aliphatic heterocycles. The summed E-state index contributed by atoms with van der Waals surface area (Å²) < 4.78 is 39.2. The average molecular weight is 417 g/mol. The minimum Gasteiger partial charge on any atom is -0.432 e. The standard InChI is InChI=1S/C15H24N5O7P/c1-10(2)27-15(21)24-8-26-28(22,23-4)9-25-11(3)5-20-7-19-12-13(16)17-6-18-14(12)20/h6-7,10-11H,5,8-9H2,1-4H3,(H2,16,17,18). The Morgan fingerprint density at radius 3 is 2.71 bits per heavy atom. The number of ether oxygens (including phenoxy) is 3. The summed E-state index contributed by atoms with van der Waals surface area (Å²) in [5, 5.41) is 0. The normalized spacial score (nSPS) is 14.8. The highest BCUT2D eigenvalue weighted by Crippen LogP contribution is 2.47. The summed E-state index contributed by atoms with van der Waals surface area (Å²) in [4.78, 5) is 23.5. The van der Waals surface area contributed by atoms with E-state index in [1.165, 1.54) is 13.4 Å². The summed E-state index contributed by atoms with van der Waals surface area (Å²) in [5.74, 6) is 0.283. The van der Waals surface area contributed by atoms with Gasteiger partial charge in [0.15, 0.2) is 11.5 Å². The van der Waals surface area contributed by atoms with Crippen molar-refractivity contribution in [1.29, 1.82) is 0 Å². The number of hydrogen-bond acceptors (Lipinski definition) is 11. The van der Waals surface area contributed by atoms with Crippen molar-refractivity contribution in [3.63, 3.8) is 0 Å². The molecule has 0 radical (unpaired) electrons. The van der Waals surface area contributed by atoms with E-state index >= 15 is 0 Å². The molecule has 2 atom stereocenters. The third kappa shape index (κ3) is 6.13. The van der Waals surface area contributed by atoms with Crippen LogP contribution in [0.4, 0.5) is 10.6 Å². The fraction of sp³-hybridized carbons (Fsp3) is 0.600. The molecule has 2 aromatic heterocycles. The SMILES string of the molecule is COP(=O)(COC(C)Cn1cnc2c(N)ncnc21)OCOC(=O)OC(C)C. The molecule has 0 saturated carbocycles. The molecule has 0 spiro atoms. The lowest BCUT2D eigenvalue weighted by atomic mass is 10.4. The smallest absolute Gasteiger partial charge is 0.432 e. The predicted octanol–water partition coefficient (Wildman–Crippen LogP) is 2.15. The lowest BCUT2D eigenvalue weighted by Gasteiger charge is -2.19. The molecule has 0 saturated heterocycles. The maximum absolute atomic E-state index is 12.5. The number of aromatic nitrogens is 4. The van der Waals surface area contributed by atoms with Gasteiger partial charge in [-0.2, -0.15) is 0 Å². The van der Waals surface area contributed by atoms with Crippen LogP contribution in [-0.2, 0) is 34.4 Å². The van der Waals surface area contributed by atoms with E-state index in [1.54, 1.807) is 31.7 Å². The van der Waals surface area contributed by atoms with Gasteiger partial charge < -0.3 is 29.0 Å². The van der Waals surface area contributed by atoms with E-state index in [0.717, 1.165) is 0 Å². The van der Waals surface area contributed by atoms with E-state index in [4.69, 9.17) is 24.3 Å². The minimum atomic E-state index is -3.62. The predicted molar refractivity (Wildman–Crippen MR) is 98.4 cm³/mol. The highest BCUT2D eigenvalue weighted by atomic mass is 31.2. The summed E-state index contributed by atoms with van der Waals surface area (Å²) >= 11 is 0. The van der Waals surface area contributed by atoms with Crippen molar-refractivity contribution in [3.8, 4) is 0 Å². The van der Waals surface area contributed by atoms with Crippen LogP contribution >= 0.6 is 7.60 Å². The van der Waals surface area contributed by atoms with Gasteiger partial charge in [0.25, 0.3) is 0 Å². The molecule has 0 aliphatic rings. The van der Waals surface area contributed by atoms with E-state index in [0.29, 0.717) is 17.7 Å². The molecule has 2 unspecified atom stereocenters. The fourth-order valence-corrected chi connectivity index (χ4v) is 3.04. The van der Waals surface area contributed by atoms with Crippen LogP contribution in [0.3, 0.4) is 0 Å². The van der Waals surface area contributed by atoms with Gasteiger partial charge >= 0.3 is 13.8 Å². The van der Waals surface area contributed by atoms with Crippen LogP contribution in [0, 0.1) is 0 Å². The number of fused-ring (bicyclic) bond motifs is 1. The van der Waals surface area contributed by atoms with Crippen molar-refractivity contribution >= 4 is 30.7 Å². The first-order valence-corrected chi connectivity index (χ1v) is 10.1. The van der Waals surface area contributed by atoms with Crippen LogP contribution in [-0.4, -0.2) is 58.1 Å². The Morgan fingerprint density at radius 1 is 1.29 bits per heavy atom. The van der Waals surface area contributed by atoms with Gasteiger partial charge in [-0.05, 0) is 20.8 Å². The van der Waals surface area contributed by atoms with E-state index in [9.17, 15) is 9.36 Å². The highest BCUT2D eigenvalue weighted by Gasteiger charge is 2.26. The molecule has 0 bridgehead atoms. The van der Waals surface area contributed by atoms with Crippen molar-refractivity contribution in [2.45, 2.75) is 39.5 Å². The van der Waals surface area contributed by atoms with Crippen molar-refractivity contribution in [2.24, 2.45) is 0 Å². The van der Waals surface area contributed by atoms with Gasteiger partial charge in [-0.3, -0.25) is 9.09 Å². The molecule has 2 heterocycles. The van der Waals surface area contributed by atoms with Gasteiger partial charge in [0.1, 0.15) is 18.2 Å². The zero-order chi connectivity index (χ0) is 20.7. The van der Waals surface area contributed by atoms with Crippen molar-refractivity contribution in [2.75, 3.05) is 26.0 Å². The lowest BCUT2D eigenvalue weighted by Crippen LogP contribution is -2.19. The molecule has 13 heteroatoms. The summed E-state index contributed by atoms with van der Waals surface area (Å²) in [6.45, 7) is 4.89. The zero-order valence-corrected chi connectivity index (χ0v) is 17.0. The summed E-state index contributed by atoms with van der Waals surface area (Å²) in [7, 11) is -2.40. The monoisotopic (exact) mass is 417 g/mol. The third-order valence-corrected chi connectivity index (χ3v) is 4.96. The van der Waals surface area contributed by atoms with Crippen LogP contribution in [0.5, 0.6) is 0 Å². The molecule has 0 aliphatic carbocycles. The zero-order valence-electron chi connectivity index (χ0n) is 16.1. The number of nitrogens with two attached hydrogens (primary N) is 1. The Balaban J connectivity index is 1.85. The second-order valence-corrected chi connectivity index (χ2v) is 8.14. The number of anilines is 1. The molecule has 28 heavy (non-hydrogen) atoms. The maximum atomic E-state index is 12.5. The summed E-state index contributed by atoms with van der Waals surface area (Å²) in [6.07, 6.45) is 0.921. The number of nitrogens with zero attached hydrogens (tertiary/aromatic N) is 4. The number of carbonyl (C=O) groups is 1. The first-order valence-electron chi connectivity index (χ1n) is 8.39. The van der Waals surface area contributed by atoms with Crippen molar-refractivity contribution < 1.29 is 32.6 Å². The molecule has 2 N–H and O–H groups in total. The Morgan fingerprint density at radius 2 is 2.04 bits per heavy atom. The third-order valence-electron chi connectivity index (χ3n) is 3.44. The number of carbonyl (C=O) groups excluding carboxylic acids is 1. The molecule has 0 fully saturated rings. The van der Waals surface area contributed by atoms with E-state index < -0.39 is 20.5 Å². The molecular weight excluding hydrogens is 393 g/mol. The summed E-state index contributed by atoms with van der Waals surface area (Å²) in [6, 6.07) is 0. The van der Waals surface area contributed by atoms with Gasteiger partial charge in [0.05, 0.1) is 25.1 Å². The topological polar surface area (TPSA) is 150 Å². The molecule has 2 aromatic rings. The van der Waals surface area contributed by atoms with E-state index in [-0.39, 0.29) is 24.4 Å². The Hall–Kier alpha value is -2.27. The minimum absolute atomic E-state index is 0.283. The number of imidazole rings is 1. The average Bonchev–Trinajstić information content (AvgIpc) is 3.04. The lowest BCUT2D eigenvalue weighted by molar-refractivity contribution is -0.0167. The number of rotatable bonds is 10. The Bertz CT molecular complexity index is 843. The number of nitrogen functional groups attached to an aromatic ring is 1. The molecular formula is C15H24N5O7P. The number of hydrogen-bond donors (Lipinski definition) is 1. The van der Waals surface area contributed by atoms with Gasteiger partial charge in [-0.15, -0.1) is 0 Å². The van der Waals surface area contributed by atoms with Gasteiger partial charge in [0.2, 0.25) is 6.79 Å². The second-order valence-electron chi connectivity index (χ2n) is 6.04. The van der Waals surface area contributed by atoms with Crippen molar-refractivity contribution in [3.05, 3.63) is 12.7 Å². The van der Waals surface area contributed by atoms with Crippen LogP contribution in [0.15, 0.2) is 12.7 Å². The Labute approximate surface area is 161 Å². The molecule has 0 aromatic carbocycles. The Kier molecular flexibility index (Phi) is 7.69. The second kappa shape index (κ2) is 9.78. The van der Waals surface area contributed by atoms with Crippen LogP contribution < -0.4 is 5.73 Å². The highest BCUT2D eigenvalue weighted by molar-refractivity contribution is 7.53. The van der Waals surface area contributed by atoms with Crippen molar-refractivity contribution in [1.82, 2.24) is 19.5 Å². The van der Waals surface area contributed by atoms with Crippen LogP contribution in [0.2, 0.25) is 0 Å². The molecule has 0 amide bonds. The van der Waals surface area contributed by atoms with Gasteiger partial charge in [-0.25, -0.2) is 19.7 Å². The maximum Gasteiger partial charge on any atom is 0.510 e. The van der Waals surface area contributed by atoms with Crippen LogP contribution in [0.1, 0.15) is 20.8 Å². The fourth-order valence-electron chi connectivity index (χ4n) is 2.10. The summed E-state index contributed by atoms with van der Waals surface area (Å²) in [5.41, 5.74) is 6.81. The quantitative estimate of drug-likeness (QED) is 0.344. The molecule has 156 valence electrons. The van der Waals surface area contributed by atoms with Gasteiger partial charge in [0, 0.05) is 7.11 Å². The van der Waals surface area contributed by atoms with E-state index in [2.05, 4.69) is 19.7 Å². The molecule has 2 rings (SSSR count). The van der Waals surface area contributed by atoms with Gasteiger partial charge in [-0.1, -0.05) is 0 Å².